The predicted octanol–water partition coefficient (Wildman–Crippen LogP) is 3.00. The molecular formula is C20H22ClN3O3. The molecule has 1 aliphatic heterocycles. The van der Waals surface area contributed by atoms with E-state index in [-0.39, 0.29) is 5.91 Å². The molecule has 1 N–H and O–H groups in total. The van der Waals surface area contributed by atoms with Crippen LogP contribution in [0.1, 0.15) is 16.1 Å². The Morgan fingerprint density at radius 2 is 2.04 bits per heavy atom. The van der Waals surface area contributed by atoms with Crippen LogP contribution in [0.2, 0.25) is 5.02 Å². The molecule has 2 aromatic heterocycles. The van der Waals surface area contributed by atoms with E-state index < -0.39 is 0 Å². The Morgan fingerprint density at radius 1 is 1.19 bits per heavy atom. The standard InChI is InChI=1S/C20H22ClN3O3/c21-16-3-1-2-15(12-16)14-24-17-4-9-27-19(17)13-18(24)20(25)22-5-6-23-7-10-26-11-8-23/h1-4,9,12-13H,5-8,10-11,14H2,(H,22,25). The van der Waals surface area contributed by atoms with Crippen molar-refractivity contribution in [2.24, 2.45) is 0 Å². The third-order valence-corrected chi connectivity index (χ3v) is 5.04. The number of nitrogens with zero attached hydrogens (tertiary/aromatic N) is 2. The summed E-state index contributed by atoms with van der Waals surface area (Å²) in [6.07, 6.45) is 1.64. The van der Waals surface area contributed by atoms with Gasteiger partial charge in [0, 0.05) is 49.9 Å². The SMILES string of the molecule is O=C(NCCN1CCOCC1)c1cc2occc2n1Cc1cccc(Cl)c1. The number of amides is 1. The van der Waals surface area contributed by atoms with E-state index >= 15 is 0 Å². The fraction of sp³-hybridized carbons (Fsp3) is 0.350. The first-order valence-electron chi connectivity index (χ1n) is 9.10. The number of nitrogens with one attached hydrogen (secondary N) is 1. The molecule has 6 nitrogen and oxygen atoms in total. The number of furan rings is 1. The summed E-state index contributed by atoms with van der Waals surface area (Å²) in [7, 11) is 0. The fourth-order valence-electron chi connectivity index (χ4n) is 3.40. The van der Waals surface area contributed by atoms with Gasteiger partial charge in [0.1, 0.15) is 5.69 Å². The lowest BCUT2D eigenvalue weighted by atomic mass is 10.2. The molecule has 1 aromatic carbocycles. The Hall–Kier alpha value is -2.28. The van der Waals surface area contributed by atoms with Crippen molar-refractivity contribution in [2.75, 3.05) is 39.4 Å². The van der Waals surface area contributed by atoms with Gasteiger partial charge in [-0.3, -0.25) is 9.69 Å². The van der Waals surface area contributed by atoms with Crippen LogP contribution in [0.25, 0.3) is 11.1 Å². The molecule has 0 saturated carbocycles. The summed E-state index contributed by atoms with van der Waals surface area (Å²) in [5, 5.41) is 3.70. The van der Waals surface area contributed by atoms with Crippen molar-refractivity contribution in [3.05, 3.63) is 58.9 Å². The minimum atomic E-state index is -0.100. The third-order valence-electron chi connectivity index (χ3n) is 4.80. The summed E-state index contributed by atoms with van der Waals surface area (Å²) in [5.74, 6) is -0.100. The van der Waals surface area contributed by atoms with Gasteiger partial charge in [-0.15, -0.1) is 0 Å². The van der Waals surface area contributed by atoms with E-state index in [9.17, 15) is 4.79 Å². The predicted molar refractivity (Wildman–Crippen MR) is 104 cm³/mol. The van der Waals surface area contributed by atoms with Crippen LogP contribution in [0.15, 0.2) is 47.1 Å². The third kappa shape index (κ3) is 4.18. The highest BCUT2D eigenvalue weighted by Crippen LogP contribution is 2.23. The number of fused-ring (bicyclic) bond motifs is 1. The number of hydrogen-bond donors (Lipinski definition) is 1. The van der Waals surface area contributed by atoms with Gasteiger partial charge < -0.3 is 19.0 Å². The second-order valence-electron chi connectivity index (χ2n) is 6.63. The first kappa shape index (κ1) is 18.1. The zero-order chi connectivity index (χ0) is 18.6. The topological polar surface area (TPSA) is 59.6 Å². The molecule has 7 heteroatoms. The number of hydrogen-bond acceptors (Lipinski definition) is 4. The van der Waals surface area contributed by atoms with Crippen LogP contribution in [0, 0.1) is 0 Å². The lowest BCUT2D eigenvalue weighted by molar-refractivity contribution is 0.0383. The lowest BCUT2D eigenvalue weighted by Crippen LogP contribution is -2.41. The highest BCUT2D eigenvalue weighted by atomic mass is 35.5. The number of morpholine rings is 1. The quantitative estimate of drug-likeness (QED) is 0.706. The Kier molecular flexibility index (Phi) is 5.48. The summed E-state index contributed by atoms with van der Waals surface area (Å²) >= 11 is 6.11. The number of carbonyl (C=O) groups is 1. The van der Waals surface area contributed by atoms with E-state index in [1.165, 1.54) is 0 Å². The number of carbonyl (C=O) groups excluding carboxylic acids is 1. The van der Waals surface area contributed by atoms with Gasteiger partial charge in [-0.05, 0) is 17.7 Å². The van der Waals surface area contributed by atoms with Crippen LogP contribution in [-0.2, 0) is 11.3 Å². The van der Waals surface area contributed by atoms with Gasteiger partial charge in [-0.2, -0.15) is 0 Å². The average molecular weight is 388 g/mol. The molecule has 1 amide bonds. The lowest BCUT2D eigenvalue weighted by Gasteiger charge is -2.26. The second-order valence-corrected chi connectivity index (χ2v) is 7.06. The Labute approximate surface area is 162 Å². The van der Waals surface area contributed by atoms with Crippen molar-refractivity contribution >= 4 is 28.6 Å². The zero-order valence-corrected chi connectivity index (χ0v) is 15.7. The van der Waals surface area contributed by atoms with E-state index in [2.05, 4.69) is 10.2 Å². The van der Waals surface area contributed by atoms with Crippen LogP contribution in [0.3, 0.4) is 0 Å². The summed E-state index contributed by atoms with van der Waals surface area (Å²) in [4.78, 5) is 15.1. The van der Waals surface area contributed by atoms with Gasteiger partial charge in [0.2, 0.25) is 0 Å². The Balaban J connectivity index is 1.48. The monoisotopic (exact) mass is 387 g/mol. The molecule has 1 saturated heterocycles. The van der Waals surface area contributed by atoms with Crippen molar-refractivity contribution in [1.82, 2.24) is 14.8 Å². The largest absolute Gasteiger partial charge is 0.463 e. The highest BCUT2D eigenvalue weighted by molar-refractivity contribution is 6.30. The molecule has 3 heterocycles. The highest BCUT2D eigenvalue weighted by Gasteiger charge is 2.18. The number of benzene rings is 1. The minimum Gasteiger partial charge on any atom is -0.463 e. The molecule has 0 unspecified atom stereocenters. The molecule has 3 aromatic rings. The average Bonchev–Trinajstić information content (AvgIpc) is 3.25. The molecule has 1 aliphatic rings. The number of halogens is 1. The van der Waals surface area contributed by atoms with Gasteiger partial charge in [0.25, 0.3) is 5.91 Å². The maximum absolute atomic E-state index is 12.8. The van der Waals surface area contributed by atoms with E-state index in [1.54, 1.807) is 12.3 Å². The molecule has 142 valence electrons. The Bertz CT molecular complexity index is 928. The van der Waals surface area contributed by atoms with Crippen LogP contribution in [-0.4, -0.2) is 54.8 Å². The van der Waals surface area contributed by atoms with Crippen molar-refractivity contribution in [1.29, 1.82) is 0 Å². The number of rotatable bonds is 6. The smallest absolute Gasteiger partial charge is 0.268 e. The van der Waals surface area contributed by atoms with Gasteiger partial charge in [0.05, 0.1) is 25.0 Å². The molecular weight excluding hydrogens is 366 g/mol. The van der Waals surface area contributed by atoms with Crippen molar-refractivity contribution < 1.29 is 13.9 Å². The minimum absolute atomic E-state index is 0.100. The molecule has 0 aliphatic carbocycles. The van der Waals surface area contributed by atoms with Crippen molar-refractivity contribution in [3.8, 4) is 0 Å². The molecule has 27 heavy (non-hydrogen) atoms. The number of ether oxygens (including phenoxy) is 1. The first-order chi connectivity index (χ1) is 13.2. The number of aromatic nitrogens is 1. The van der Waals surface area contributed by atoms with Crippen molar-refractivity contribution in [3.63, 3.8) is 0 Å². The second kappa shape index (κ2) is 8.17. The van der Waals surface area contributed by atoms with E-state index in [4.69, 9.17) is 20.8 Å². The van der Waals surface area contributed by atoms with E-state index in [1.807, 2.05) is 34.9 Å². The van der Waals surface area contributed by atoms with Gasteiger partial charge >= 0.3 is 0 Å². The fourth-order valence-corrected chi connectivity index (χ4v) is 3.61. The molecule has 0 atom stereocenters. The summed E-state index contributed by atoms with van der Waals surface area (Å²) in [6.45, 7) is 5.31. The maximum atomic E-state index is 12.8. The van der Waals surface area contributed by atoms with Gasteiger partial charge in [0.15, 0.2) is 5.58 Å². The summed E-state index contributed by atoms with van der Waals surface area (Å²) in [5.41, 5.74) is 3.22. The molecule has 0 spiro atoms. The van der Waals surface area contributed by atoms with Crippen LogP contribution >= 0.6 is 11.6 Å². The van der Waals surface area contributed by atoms with Crippen LogP contribution in [0.4, 0.5) is 0 Å². The van der Waals surface area contributed by atoms with Crippen LogP contribution in [0.5, 0.6) is 0 Å². The summed E-state index contributed by atoms with van der Waals surface area (Å²) in [6, 6.07) is 11.3. The van der Waals surface area contributed by atoms with Crippen LogP contribution < -0.4 is 5.32 Å². The molecule has 4 rings (SSSR count). The normalized spacial score (nSPS) is 15.3. The molecule has 0 bridgehead atoms. The summed E-state index contributed by atoms with van der Waals surface area (Å²) < 4.78 is 12.8. The molecule has 0 radical (unpaired) electrons. The van der Waals surface area contributed by atoms with Gasteiger partial charge in [-0.1, -0.05) is 23.7 Å². The first-order valence-corrected chi connectivity index (χ1v) is 9.48. The maximum Gasteiger partial charge on any atom is 0.268 e. The van der Waals surface area contributed by atoms with E-state index in [0.717, 1.165) is 43.9 Å². The Morgan fingerprint density at radius 3 is 2.85 bits per heavy atom. The van der Waals surface area contributed by atoms with Crippen molar-refractivity contribution in [2.45, 2.75) is 6.54 Å². The van der Waals surface area contributed by atoms with Gasteiger partial charge in [-0.25, -0.2) is 0 Å². The molecule has 1 fully saturated rings. The zero-order valence-electron chi connectivity index (χ0n) is 15.0. The van der Waals surface area contributed by atoms with E-state index in [0.29, 0.717) is 29.4 Å².